The first-order valence-corrected chi connectivity index (χ1v) is 8.63. The van der Waals surface area contributed by atoms with E-state index in [4.69, 9.17) is 0 Å². The summed E-state index contributed by atoms with van der Waals surface area (Å²) in [6.07, 6.45) is 0.266. The van der Waals surface area contributed by atoms with E-state index in [-0.39, 0.29) is 36.7 Å². The lowest BCUT2D eigenvalue weighted by Crippen LogP contribution is -2.47. The number of carbonyl (C=O) groups is 2. The van der Waals surface area contributed by atoms with Gasteiger partial charge in [0.2, 0.25) is 5.91 Å². The second-order valence-corrected chi connectivity index (χ2v) is 6.14. The van der Waals surface area contributed by atoms with Gasteiger partial charge in [-0.05, 0) is 17.7 Å². The summed E-state index contributed by atoms with van der Waals surface area (Å²) >= 11 is 0. The van der Waals surface area contributed by atoms with Crippen molar-refractivity contribution in [1.29, 1.82) is 0 Å². The minimum Gasteiger partial charge on any atom is -0.345 e. The molecule has 2 N–H and O–H groups in total. The van der Waals surface area contributed by atoms with E-state index in [9.17, 15) is 9.59 Å². The molecule has 1 heterocycles. The highest BCUT2D eigenvalue weighted by Crippen LogP contribution is 2.19. The number of piperazine rings is 1. The van der Waals surface area contributed by atoms with Crippen LogP contribution in [0.1, 0.15) is 28.4 Å². The van der Waals surface area contributed by atoms with Crippen LogP contribution in [0.5, 0.6) is 0 Å². The largest absolute Gasteiger partial charge is 0.345 e. The molecule has 5 nitrogen and oxygen atoms in total. The number of nitrogens with zero attached hydrogens (tertiary/aromatic N) is 1. The number of nitrogens with one attached hydrogen (secondary N) is 2. The Balaban J connectivity index is 0.00000243. The van der Waals surface area contributed by atoms with E-state index in [1.807, 2.05) is 53.4 Å². The van der Waals surface area contributed by atoms with E-state index in [1.54, 1.807) is 12.1 Å². The van der Waals surface area contributed by atoms with Gasteiger partial charge in [0, 0.05) is 31.7 Å². The molecule has 1 atom stereocenters. The van der Waals surface area contributed by atoms with Gasteiger partial charge in [-0.3, -0.25) is 9.59 Å². The molecular formula is C20H24ClN3O2. The fraction of sp³-hybridized carbons (Fsp3) is 0.300. The fourth-order valence-corrected chi connectivity index (χ4v) is 2.99. The van der Waals surface area contributed by atoms with Crippen molar-refractivity contribution in [3.63, 3.8) is 0 Å². The second kappa shape index (κ2) is 9.94. The van der Waals surface area contributed by atoms with Gasteiger partial charge in [0.15, 0.2) is 0 Å². The minimum atomic E-state index is -0.337. The Hall–Kier alpha value is -2.37. The third-order valence-electron chi connectivity index (χ3n) is 4.39. The molecule has 26 heavy (non-hydrogen) atoms. The number of benzene rings is 2. The van der Waals surface area contributed by atoms with Crippen LogP contribution in [0.4, 0.5) is 0 Å². The Kier molecular flexibility index (Phi) is 7.63. The van der Waals surface area contributed by atoms with Crippen LogP contribution in [0.15, 0.2) is 60.7 Å². The lowest BCUT2D eigenvalue weighted by Gasteiger charge is -2.29. The quantitative estimate of drug-likeness (QED) is 0.846. The molecule has 2 aromatic rings. The van der Waals surface area contributed by atoms with Crippen molar-refractivity contribution in [3.8, 4) is 0 Å². The molecule has 138 valence electrons. The maximum absolute atomic E-state index is 12.6. The minimum absolute atomic E-state index is 0. The maximum Gasteiger partial charge on any atom is 0.251 e. The Labute approximate surface area is 160 Å². The Bertz CT molecular complexity index is 704. The van der Waals surface area contributed by atoms with Crippen LogP contribution in [0.2, 0.25) is 0 Å². The van der Waals surface area contributed by atoms with Gasteiger partial charge in [-0.1, -0.05) is 48.5 Å². The van der Waals surface area contributed by atoms with E-state index >= 15 is 0 Å². The van der Waals surface area contributed by atoms with Gasteiger partial charge >= 0.3 is 0 Å². The lowest BCUT2D eigenvalue weighted by molar-refractivity contribution is -0.132. The average molecular weight is 374 g/mol. The van der Waals surface area contributed by atoms with Crippen molar-refractivity contribution in [2.45, 2.75) is 12.5 Å². The van der Waals surface area contributed by atoms with Crippen LogP contribution in [0.3, 0.4) is 0 Å². The number of halogens is 1. The average Bonchev–Trinajstić information content (AvgIpc) is 2.69. The topological polar surface area (TPSA) is 61.4 Å². The van der Waals surface area contributed by atoms with E-state index in [0.29, 0.717) is 18.7 Å². The molecule has 6 heteroatoms. The van der Waals surface area contributed by atoms with Crippen LogP contribution in [0.25, 0.3) is 0 Å². The van der Waals surface area contributed by atoms with E-state index in [2.05, 4.69) is 10.6 Å². The molecule has 2 aromatic carbocycles. The van der Waals surface area contributed by atoms with Gasteiger partial charge in [0.1, 0.15) is 0 Å². The second-order valence-electron chi connectivity index (χ2n) is 6.14. The lowest BCUT2D eigenvalue weighted by atomic mass is 10.0. The van der Waals surface area contributed by atoms with Crippen molar-refractivity contribution in [1.82, 2.24) is 15.5 Å². The van der Waals surface area contributed by atoms with Gasteiger partial charge < -0.3 is 15.5 Å². The molecule has 1 aliphatic heterocycles. The van der Waals surface area contributed by atoms with Crippen molar-refractivity contribution in [2.24, 2.45) is 0 Å². The molecule has 1 unspecified atom stereocenters. The third-order valence-corrected chi connectivity index (χ3v) is 4.39. The standard InChI is InChI=1S/C20H23N3O2.ClH/c24-19(23-13-11-21-12-14-23)15-18(16-7-3-1-4-8-16)22-20(25)17-9-5-2-6-10-17;/h1-10,18,21H,11-15H2,(H,22,25);1H. The Morgan fingerprint density at radius 3 is 2.15 bits per heavy atom. The zero-order valence-electron chi connectivity index (χ0n) is 14.6. The Morgan fingerprint density at radius 2 is 1.54 bits per heavy atom. The predicted molar refractivity (Wildman–Crippen MR) is 104 cm³/mol. The summed E-state index contributed by atoms with van der Waals surface area (Å²) in [5.41, 5.74) is 1.54. The Morgan fingerprint density at radius 1 is 0.962 bits per heavy atom. The molecule has 1 aliphatic rings. The van der Waals surface area contributed by atoms with Crippen LogP contribution < -0.4 is 10.6 Å². The molecule has 0 saturated carbocycles. The molecule has 3 rings (SSSR count). The third kappa shape index (κ3) is 5.31. The SMILES string of the molecule is Cl.O=C(NC(CC(=O)N1CCNCC1)c1ccccc1)c1ccccc1. The highest BCUT2D eigenvalue weighted by molar-refractivity contribution is 5.94. The molecule has 0 aromatic heterocycles. The maximum atomic E-state index is 12.6. The van der Waals surface area contributed by atoms with E-state index in [1.165, 1.54) is 0 Å². The zero-order valence-corrected chi connectivity index (χ0v) is 15.4. The number of hydrogen-bond donors (Lipinski definition) is 2. The van der Waals surface area contributed by atoms with Gasteiger partial charge in [-0.2, -0.15) is 0 Å². The van der Waals surface area contributed by atoms with Crippen LogP contribution in [0, 0.1) is 0 Å². The molecule has 0 bridgehead atoms. The summed E-state index contributed by atoms with van der Waals surface area (Å²) in [5.74, 6) is -0.0914. The molecule has 0 radical (unpaired) electrons. The smallest absolute Gasteiger partial charge is 0.251 e. The van der Waals surface area contributed by atoms with Crippen molar-refractivity contribution in [3.05, 3.63) is 71.8 Å². The first-order valence-electron chi connectivity index (χ1n) is 8.63. The first kappa shape index (κ1) is 19.9. The number of hydrogen-bond acceptors (Lipinski definition) is 3. The molecular weight excluding hydrogens is 350 g/mol. The van der Waals surface area contributed by atoms with Crippen molar-refractivity contribution >= 4 is 24.2 Å². The van der Waals surface area contributed by atoms with E-state index in [0.717, 1.165) is 18.7 Å². The fourth-order valence-electron chi connectivity index (χ4n) is 2.99. The van der Waals surface area contributed by atoms with Crippen LogP contribution in [-0.4, -0.2) is 42.9 Å². The molecule has 0 aliphatic carbocycles. The normalized spacial score (nSPS) is 14.8. The molecule has 2 amide bonds. The molecule has 0 spiro atoms. The van der Waals surface area contributed by atoms with Gasteiger partial charge in [0.05, 0.1) is 12.5 Å². The highest BCUT2D eigenvalue weighted by Gasteiger charge is 2.23. The summed E-state index contributed by atoms with van der Waals surface area (Å²) in [6.45, 7) is 3.07. The van der Waals surface area contributed by atoms with E-state index < -0.39 is 0 Å². The van der Waals surface area contributed by atoms with Crippen LogP contribution in [-0.2, 0) is 4.79 Å². The molecule has 1 fully saturated rings. The number of amides is 2. The first-order chi connectivity index (χ1) is 12.2. The predicted octanol–water partition coefficient (Wildman–Crippen LogP) is 2.40. The van der Waals surface area contributed by atoms with Gasteiger partial charge in [-0.25, -0.2) is 0 Å². The summed E-state index contributed by atoms with van der Waals surface area (Å²) in [6, 6.07) is 18.4. The summed E-state index contributed by atoms with van der Waals surface area (Å²) in [7, 11) is 0. The summed E-state index contributed by atoms with van der Waals surface area (Å²) in [4.78, 5) is 27.0. The van der Waals surface area contributed by atoms with Crippen molar-refractivity contribution < 1.29 is 9.59 Å². The van der Waals surface area contributed by atoms with Gasteiger partial charge in [0.25, 0.3) is 5.91 Å². The van der Waals surface area contributed by atoms with Crippen LogP contribution >= 0.6 is 12.4 Å². The number of carbonyl (C=O) groups excluding carboxylic acids is 2. The monoisotopic (exact) mass is 373 g/mol. The van der Waals surface area contributed by atoms with Gasteiger partial charge in [-0.15, -0.1) is 12.4 Å². The molecule has 1 saturated heterocycles. The zero-order chi connectivity index (χ0) is 17.5. The van der Waals surface area contributed by atoms with Crippen molar-refractivity contribution in [2.75, 3.05) is 26.2 Å². The number of rotatable bonds is 5. The summed E-state index contributed by atoms with van der Waals surface area (Å²) < 4.78 is 0. The summed E-state index contributed by atoms with van der Waals surface area (Å²) in [5, 5.41) is 6.26. The highest BCUT2D eigenvalue weighted by atomic mass is 35.5.